The Morgan fingerprint density at radius 3 is 2.58 bits per heavy atom. The highest BCUT2D eigenvalue weighted by Crippen LogP contribution is 2.45. The third-order valence-electron chi connectivity index (χ3n) is 1.33. The van der Waals surface area contributed by atoms with Gasteiger partial charge in [-0.2, -0.15) is 0 Å². The smallest absolute Gasteiger partial charge is 0.344 e. The molecule has 0 rings (SSSR count). The number of hydrogen-bond acceptors (Lipinski definition) is 4. The van der Waals surface area contributed by atoms with Gasteiger partial charge < -0.3 is 20.3 Å². The van der Waals surface area contributed by atoms with Gasteiger partial charge in [-0.05, 0) is 6.42 Å². The zero-order valence-corrected chi connectivity index (χ0v) is 7.53. The average Bonchev–Trinajstić information content (AvgIpc) is 2.00. The summed E-state index contributed by atoms with van der Waals surface area (Å²) in [4.78, 5) is 19.0. The fourth-order valence-electron chi connectivity index (χ4n) is 0.570. The van der Waals surface area contributed by atoms with Crippen molar-refractivity contribution in [2.75, 3.05) is 7.11 Å². The second kappa shape index (κ2) is 4.57. The topological polar surface area (TPSA) is 110 Å². The Morgan fingerprint density at radius 2 is 2.25 bits per heavy atom. The molecule has 2 atom stereocenters. The maximum Gasteiger partial charge on any atom is 0.344 e. The van der Waals surface area contributed by atoms with E-state index >= 15 is 0 Å². The minimum absolute atomic E-state index is 0.0725. The first-order chi connectivity index (χ1) is 5.40. The summed E-state index contributed by atoms with van der Waals surface area (Å²) in [6.07, 6.45) is -0.313. The van der Waals surface area contributed by atoms with E-state index in [1.165, 1.54) is 0 Å². The van der Waals surface area contributed by atoms with Gasteiger partial charge in [0.1, 0.15) is 5.78 Å². The lowest BCUT2D eigenvalue weighted by atomic mass is 10.3. The van der Waals surface area contributed by atoms with Crippen molar-refractivity contribution in [3.8, 4) is 0 Å². The van der Waals surface area contributed by atoms with Gasteiger partial charge >= 0.3 is 13.6 Å². The lowest BCUT2D eigenvalue weighted by Gasteiger charge is -2.15. The number of nitrogens with two attached hydrogens (primary N) is 1. The highest BCUT2D eigenvalue weighted by Gasteiger charge is 2.27. The van der Waals surface area contributed by atoms with Crippen LogP contribution in [-0.2, 0) is 13.9 Å². The molecule has 0 bridgehead atoms. The highest BCUT2D eigenvalue weighted by atomic mass is 31.2. The van der Waals surface area contributed by atoms with Crippen molar-refractivity contribution in [1.29, 1.82) is 0 Å². The molecule has 0 aliphatic rings. The van der Waals surface area contributed by atoms with Crippen LogP contribution in [0.25, 0.3) is 0 Å². The first-order valence-electron chi connectivity index (χ1n) is 3.25. The lowest BCUT2D eigenvalue weighted by molar-refractivity contribution is -0.137. The van der Waals surface area contributed by atoms with E-state index in [0.717, 1.165) is 7.11 Å². The number of carboxylic acid groups (broad SMARTS) is 1. The Bertz CT molecular complexity index is 206. The Balaban J connectivity index is 3.95. The monoisotopic (exact) mass is 197 g/mol. The van der Waals surface area contributed by atoms with Gasteiger partial charge in [0.25, 0.3) is 0 Å². The zero-order chi connectivity index (χ0) is 9.78. The van der Waals surface area contributed by atoms with E-state index in [2.05, 4.69) is 4.52 Å². The van der Waals surface area contributed by atoms with Crippen LogP contribution in [0.1, 0.15) is 12.8 Å². The van der Waals surface area contributed by atoms with Crippen LogP contribution in [0.2, 0.25) is 0 Å². The Labute approximate surface area is 69.9 Å². The van der Waals surface area contributed by atoms with Gasteiger partial charge in [0.15, 0.2) is 0 Å². The zero-order valence-electron chi connectivity index (χ0n) is 6.64. The van der Waals surface area contributed by atoms with Gasteiger partial charge in [-0.15, -0.1) is 0 Å². The van der Waals surface area contributed by atoms with Crippen LogP contribution in [0, 0.1) is 0 Å². The summed E-state index contributed by atoms with van der Waals surface area (Å²) in [5, 5.41) is 8.23. The molecular weight excluding hydrogens is 185 g/mol. The molecule has 0 aromatic rings. The molecule has 6 nitrogen and oxygen atoms in total. The van der Waals surface area contributed by atoms with Gasteiger partial charge in [-0.3, -0.25) is 9.36 Å². The van der Waals surface area contributed by atoms with E-state index in [1.807, 2.05) is 0 Å². The lowest BCUT2D eigenvalue weighted by Crippen LogP contribution is -2.21. The molecule has 0 aromatic heterocycles. The third-order valence-corrected chi connectivity index (χ3v) is 2.95. The number of hydrogen-bond donors (Lipinski definition) is 3. The number of carbonyl (C=O) groups is 1. The average molecular weight is 197 g/mol. The van der Waals surface area contributed by atoms with Gasteiger partial charge in [0, 0.05) is 13.5 Å². The van der Waals surface area contributed by atoms with E-state index in [9.17, 15) is 9.36 Å². The van der Waals surface area contributed by atoms with E-state index < -0.39 is 19.3 Å². The van der Waals surface area contributed by atoms with Crippen LogP contribution in [0.3, 0.4) is 0 Å². The third kappa shape index (κ3) is 3.82. The van der Waals surface area contributed by atoms with Gasteiger partial charge in [-0.25, -0.2) is 0 Å². The van der Waals surface area contributed by atoms with E-state index in [-0.39, 0.29) is 12.8 Å². The highest BCUT2D eigenvalue weighted by molar-refractivity contribution is 7.53. The molecule has 0 heterocycles. The fourth-order valence-corrected chi connectivity index (χ4v) is 1.30. The second-order valence-electron chi connectivity index (χ2n) is 2.25. The number of rotatable bonds is 5. The molecule has 0 aliphatic heterocycles. The van der Waals surface area contributed by atoms with Crippen LogP contribution >= 0.6 is 7.60 Å². The van der Waals surface area contributed by atoms with E-state index in [1.54, 1.807) is 0 Å². The first kappa shape index (κ1) is 11.6. The molecule has 0 saturated carbocycles. The van der Waals surface area contributed by atoms with Crippen molar-refractivity contribution in [2.24, 2.45) is 5.73 Å². The maximum atomic E-state index is 10.9. The second-order valence-corrected chi connectivity index (χ2v) is 4.40. The van der Waals surface area contributed by atoms with Crippen molar-refractivity contribution in [3.63, 3.8) is 0 Å². The molecule has 2 unspecified atom stereocenters. The quantitative estimate of drug-likeness (QED) is 0.533. The molecule has 7 heteroatoms. The summed E-state index contributed by atoms with van der Waals surface area (Å²) < 4.78 is 15.1. The van der Waals surface area contributed by atoms with Gasteiger partial charge in [-0.1, -0.05) is 0 Å². The standard InChI is InChI=1S/C5H12NO5P/c1-11-12(9,10)4(6)2-3-5(7)8/h4H,2-3,6H2,1H3,(H,7,8)(H,9,10). The molecule has 72 valence electrons. The van der Waals surface area contributed by atoms with Crippen LogP contribution < -0.4 is 5.73 Å². The summed E-state index contributed by atoms with van der Waals surface area (Å²) in [7, 11) is -2.75. The summed E-state index contributed by atoms with van der Waals surface area (Å²) >= 11 is 0. The molecule has 0 spiro atoms. The molecule has 0 radical (unpaired) electrons. The van der Waals surface area contributed by atoms with Crippen LogP contribution in [0.5, 0.6) is 0 Å². The normalized spacial score (nSPS) is 18.2. The summed E-state index contributed by atoms with van der Waals surface area (Å²) in [5.41, 5.74) is 5.21. The predicted octanol–water partition coefficient (Wildman–Crippen LogP) is -0.0322. The van der Waals surface area contributed by atoms with Crippen molar-refractivity contribution < 1.29 is 23.9 Å². The largest absolute Gasteiger partial charge is 0.481 e. The Kier molecular flexibility index (Phi) is 4.41. The molecule has 0 aliphatic carbocycles. The molecule has 0 amide bonds. The predicted molar refractivity (Wildman–Crippen MR) is 41.7 cm³/mol. The summed E-state index contributed by atoms with van der Waals surface area (Å²) in [6.45, 7) is 0. The minimum Gasteiger partial charge on any atom is -0.481 e. The summed E-state index contributed by atoms with van der Waals surface area (Å²) in [5.74, 6) is -2.18. The van der Waals surface area contributed by atoms with E-state index in [4.69, 9.17) is 15.7 Å². The maximum absolute atomic E-state index is 10.9. The van der Waals surface area contributed by atoms with Crippen LogP contribution in [0.15, 0.2) is 0 Å². The van der Waals surface area contributed by atoms with Crippen LogP contribution in [-0.4, -0.2) is 28.9 Å². The molecule has 12 heavy (non-hydrogen) atoms. The fraction of sp³-hybridized carbons (Fsp3) is 0.800. The number of aliphatic carboxylic acids is 1. The molecule has 4 N–H and O–H groups in total. The van der Waals surface area contributed by atoms with Gasteiger partial charge in [0.2, 0.25) is 0 Å². The van der Waals surface area contributed by atoms with Crippen LogP contribution in [0.4, 0.5) is 0 Å². The molecular formula is C5H12NO5P. The van der Waals surface area contributed by atoms with Crippen molar-refractivity contribution in [2.45, 2.75) is 18.6 Å². The van der Waals surface area contributed by atoms with E-state index in [0.29, 0.717) is 0 Å². The number of carboxylic acids is 1. The van der Waals surface area contributed by atoms with Crippen molar-refractivity contribution >= 4 is 13.6 Å². The Hall–Kier alpha value is -0.420. The van der Waals surface area contributed by atoms with Crippen molar-refractivity contribution in [1.82, 2.24) is 0 Å². The molecule has 0 fully saturated rings. The Morgan fingerprint density at radius 1 is 1.75 bits per heavy atom. The minimum atomic E-state index is -3.81. The van der Waals surface area contributed by atoms with Crippen molar-refractivity contribution in [3.05, 3.63) is 0 Å². The molecule has 0 aromatic carbocycles. The summed E-state index contributed by atoms with van der Waals surface area (Å²) in [6, 6.07) is 0. The SMILES string of the molecule is COP(=O)(O)C(N)CCC(=O)O. The van der Waals surface area contributed by atoms with Gasteiger partial charge in [0.05, 0.1) is 0 Å². The molecule has 0 saturated heterocycles. The first-order valence-corrected chi connectivity index (χ1v) is 4.90.